The standard InChI is InChI=1S/C29H28ClNO5/c1-15(2)36-24-9-7-20(13-18(24)5)27(33)25-26(19-6-8-23(32)22(30)14-19)31(29(35)28(25)34)21-11-16(3)10-17(4)12-21/h6-15,26,32-33H,1-5H3/b27-25-. The van der Waals surface area contributed by atoms with E-state index in [0.29, 0.717) is 22.6 Å². The Morgan fingerprint density at radius 1 is 0.972 bits per heavy atom. The van der Waals surface area contributed by atoms with Crippen LogP contribution in [0.4, 0.5) is 5.69 Å². The average molecular weight is 506 g/mol. The lowest BCUT2D eigenvalue weighted by Crippen LogP contribution is -2.29. The number of aliphatic hydroxyl groups is 1. The maximum absolute atomic E-state index is 13.4. The molecule has 7 heteroatoms. The number of aryl methyl sites for hydroxylation is 3. The van der Waals surface area contributed by atoms with Gasteiger partial charge in [0.2, 0.25) is 0 Å². The quantitative estimate of drug-likeness (QED) is 0.238. The van der Waals surface area contributed by atoms with Crippen LogP contribution in [0.2, 0.25) is 5.02 Å². The molecule has 0 spiro atoms. The second-order valence-corrected chi connectivity index (χ2v) is 9.78. The molecular weight excluding hydrogens is 478 g/mol. The summed E-state index contributed by atoms with van der Waals surface area (Å²) in [7, 11) is 0. The third kappa shape index (κ3) is 4.69. The number of carbonyl (C=O) groups excluding carboxylic acids is 2. The van der Waals surface area contributed by atoms with E-state index in [1.165, 1.54) is 17.0 Å². The summed E-state index contributed by atoms with van der Waals surface area (Å²) in [6, 6.07) is 14.3. The molecule has 1 aliphatic rings. The number of ketones is 1. The number of amides is 1. The topological polar surface area (TPSA) is 87.1 Å². The Hall–Kier alpha value is -3.77. The van der Waals surface area contributed by atoms with Crippen LogP contribution in [0, 0.1) is 20.8 Å². The molecule has 2 N–H and O–H groups in total. The molecule has 1 amide bonds. The highest BCUT2D eigenvalue weighted by Crippen LogP contribution is 2.44. The lowest BCUT2D eigenvalue weighted by atomic mass is 9.94. The Labute approximate surface area is 215 Å². The molecule has 36 heavy (non-hydrogen) atoms. The summed E-state index contributed by atoms with van der Waals surface area (Å²) in [5.41, 5.74) is 3.96. The first-order chi connectivity index (χ1) is 17.0. The highest BCUT2D eigenvalue weighted by Gasteiger charge is 2.47. The van der Waals surface area contributed by atoms with Gasteiger partial charge in [0.05, 0.1) is 22.7 Å². The van der Waals surface area contributed by atoms with Crippen molar-refractivity contribution in [2.45, 2.75) is 46.8 Å². The minimum absolute atomic E-state index is 0.0227. The number of nitrogens with zero attached hydrogens (tertiary/aromatic N) is 1. The summed E-state index contributed by atoms with van der Waals surface area (Å²) < 4.78 is 5.79. The lowest BCUT2D eigenvalue weighted by molar-refractivity contribution is -0.132. The predicted molar refractivity (Wildman–Crippen MR) is 141 cm³/mol. The number of benzene rings is 3. The highest BCUT2D eigenvalue weighted by atomic mass is 35.5. The number of Topliss-reactive ketones (excluding diaryl/α,β-unsaturated/α-hetero) is 1. The fourth-order valence-electron chi connectivity index (χ4n) is 4.54. The molecule has 186 valence electrons. The summed E-state index contributed by atoms with van der Waals surface area (Å²) in [4.78, 5) is 28.1. The van der Waals surface area contributed by atoms with Crippen molar-refractivity contribution in [2.24, 2.45) is 0 Å². The van der Waals surface area contributed by atoms with Crippen LogP contribution in [0.3, 0.4) is 0 Å². The Balaban J connectivity index is 1.94. The summed E-state index contributed by atoms with van der Waals surface area (Å²) in [5, 5.41) is 21.4. The fraction of sp³-hybridized carbons (Fsp3) is 0.241. The van der Waals surface area contributed by atoms with Gasteiger partial charge in [-0.15, -0.1) is 0 Å². The van der Waals surface area contributed by atoms with Gasteiger partial charge in [-0.1, -0.05) is 23.7 Å². The molecule has 0 aromatic heterocycles. The zero-order valence-electron chi connectivity index (χ0n) is 20.8. The maximum Gasteiger partial charge on any atom is 0.300 e. The van der Waals surface area contributed by atoms with Crippen LogP contribution in [0.5, 0.6) is 11.5 Å². The van der Waals surface area contributed by atoms with Crippen molar-refractivity contribution in [1.82, 2.24) is 0 Å². The Morgan fingerprint density at radius 2 is 1.64 bits per heavy atom. The molecule has 0 radical (unpaired) electrons. The number of anilines is 1. The van der Waals surface area contributed by atoms with Gasteiger partial charge >= 0.3 is 0 Å². The van der Waals surface area contributed by atoms with Gasteiger partial charge < -0.3 is 14.9 Å². The van der Waals surface area contributed by atoms with Crippen LogP contribution in [-0.2, 0) is 9.59 Å². The van der Waals surface area contributed by atoms with Gasteiger partial charge in [0, 0.05) is 11.3 Å². The lowest BCUT2D eigenvalue weighted by Gasteiger charge is -2.26. The molecule has 4 rings (SSSR count). The first kappa shape index (κ1) is 25.3. The van der Waals surface area contributed by atoms with Crippen LogP contribution in [0.25, 0.3) is 5.76 Å². The molecule has 0 aliphatic carbocycles. The first-order valence-corrected chi connectivity index (χ1v) is 12.0. The number of halogens is 1. The van der Waals surface area contributed by atoms with Crippen molar-refractivity contribution in [1.29, 1.82) is 0 Å². The molecule has 1 saturated heterocycles. The monoisotopic (exact) mass is 505 g/mol. The average Bonchev–Trinajstić information content (AvgIpc) is 3.06. The van der Waals surface area contributed by atoms with E-state index in [1.54, 1.807) is 24.3 Å². The third-order valence-electron chi connectivity index (χ3n) is 6.03. The molecule has 6 nitrogen and oxygen atoms in total. The smallest absolute Gasteiger partial charge is 0.300 e. The molecular formula is C29H28ClNO5. The zero-order chi connectivity index (χ0) is 26.3. The molecule has 1 unspecified atom stereocenters. The van der Waals surface area contributed by atoms with E-state index >= 15 is 0 Å². The van der Waals surface area contributed by atoms with E-state index in [-0.39, 0.29) is 28.2 Å². The van der Waals surface area contributed by atoms with Gasteiger partial charge in [-0.3, -0.25) is 14.5 Å². The second-order valence-electron chi connectivity index (χ2n) is 9.37. The van der Waals surface area contributed by atoms with Gasteiger partial charge in [-0.25, -0.2) is 0 Å². The number of aliphatic hydroxyl groups excluding tert-OH is 1. The van der Waals surface area contributed by atoms with Crippen molar-refractivity contribution in [3.05, 3.63) is 93.0 Å². The molecule has 1 atom stereocenters. The first-order valence-electron chi connectivity index (χ1n) is 11.6. The normalized spacial score (nSPS) is 17.2. The number of rotatable bonds is 5. The predicted octanol–water partition coefficient (Wildman–Crippen LogP) is 6.38. The number of aromatic hydroxyl groups is 1. The number of hydrogen-bond acceptors (Lipinski definition) is 5. The van der Waals surface area contributed by atoms with Crippen LogP contribution < -0.4 is 9.64 Å². The molecule has 0 bridgehead atoms. The van der Waals surface area contributed by atoms with Crippen molar-refractivity contribution >= 4 is 34.7 Å². The largest absolute Gasteiger partial charge is 0.507 e. The van der Waals surface area contributed by atoms with E-state index in [1.807, 2.05) is 52.8 Å². The molecule has 0 saturated carbocycles. The van der Waals surface area contributed by atoms with Gasteiger partial charge in [0.25, 0.3) is 11.7 Å². The van der Waals surface area contributed by atoms with Crippen LogP contribution in [-0.4, -0.2) is 28.0 Å². The summed E-state index contributed by atoms with van der Waals surface area (Å²) in [6.45, 7) is 9.50. The Kier molecular flexibility index (Phi) is 6.83. The van der Waals surface area contributed by atoms with E-state index in [2.05, 4.69) is 0 Å². The zero-order valence-corrected chi connectivity index (χ0v) is 21.6. The van der Waals surface area contributed by atoms with Crippen molar-refractivity contribution in [2.75, 3.05) is 4.90 Å². The minimum Gasteiger partial charge on any atom is -0.507 e. The van der Waals surface area contributed by atoms with Crippen molar-refractivity contribution in [3.8, 4) is 11.5 Å². The van der Waals surface area contributed by atoms with Crippen molar-refractivity contribution < 1.29 is 24.5 Å². The summed E-state index contributed by atoms with van der Waals surface area (Å²) >= 11 is 6.20. The second kappa shape index (κ2) is 9.70. The summed E-state index contributed by atoms with van der Waals surface area (Å²) in [6.07, 6.45) is -0.0227. The van der Waals surface area contributed by atoms with E-state index in [9.17, 15) is 19.8 Å². The minimum atomic E-state index is -0.948. The number of carbonyl (C=O) groups is 2. The Bertz CT molecular complexity index is 1390. The molecule has 3 aromatic carbocycles. The molecule has 3 aromatic rings. The van der Waals surface area contributed by atoms with Crippen LogP contribution in [0.1, 0.15) is 47.7 Å². The summed E-state index contributed by atoms with van der Waals surface area (Å²) in [5.74, 6) is -1.32. The maximum atomic E-state index is 13.4. The van der Waals surface area contributed by atoms with Gasteiger partial charge in [-0.2, -0.15) is 0 Å². The van der Waals surface area contributed by atoms with E-state index in [0.717, 1.165) is 16.7 Å². The fourth-order valence-corrected chi connectivity index (χ4v) is 4.72. The number of phenolic OH excluding ortho intramolecular Hbond substituents is 1. The van der Waals surface area contributed by atoms with Crippen LogP contribution in [0.15, 0.2) is 60.2 Å². The number of phenols is 1. The van der Waals surface area contributed by atoms with E-state index in [4.69, 9.17) is 16.3 Å². The molecule has 1 fully saturated rings. The molecule has 1 heterocycles. The number of hydrogen-bond donors (Lipinski definition) is 2. The van der Waals surface area contributed by atoms with Gasteiger partial charge in [0.1, 0.15) is 17.3 Å². The van der Waals surface area contributed by atoms with Crippen molar-refractivity contribution in [3.63, 3.8) is 0 Å². The van der Waals surface area contributed by atoms with Crippen LogP contribution >= 0.6 is 11.6 Å². The van der Waals surface area contributed by atoms with Gasteiger partial charge in [0.15, 0.2) is 0 Å². The molecule has 1 aliphatic heterocycles. The highest BCUT2D eigenvalue weighted by molar-refractivity contribution is 6.51. The van der Waals surface area contributed by atoms with E-state index < -0.39 is 17.7 Å². The van der Waals surface area contributed by atoms with Gasteiger partial charge in [-0.05, 0) is 99.3 Å². The Morgan fingerprint density at radius 3 is 2.22 bits per heavy atom. The number of ether oxygens (including phenoxy) is 1. The SMILES string of the molecule is Cc1cc(C)cc(N2C(=O)C(=O)/C(=C(\O)c3ccc(OC(C)C)c(C)c3)C2c2ccc(O)c(Cl)c2)c1. The third-order valence-corrected chi connectivity index (χ3v) is 6.33.